The van der Waals surface area contributed by atoms with E-state index in [0.717, 1.165) is 6.07 Å². The van der Waals surface area contributed by atoms with Crippen LogP contribution in [-0.4, -0.2) is 24.8 Å². The van der Waals surface area contributed by atoms with Gasteiger partial charge in [0.05, 0.1) is 25.8 Å². The van der Waals surface area contributed by atoms with Crippen molar-refractivity contribution in [3.63, 3.8) is 0 Å². The standard InChI is InChI=1S/C20H21F2NO5/c1-3-27-20-15(22)8-13(9-17(20)26-2)19(16(23)10-18(24)25)28-11-12-4-6-14(21)7-5-12/h4-9H,3,10-11,23H2,1-2H3,(H,24,25)/b19-16-. The molecule has 0 atom stereocenters. The summed E-state index contributed by atoms with van der Waals surface area (Å²) in [5.74, 6) is -2.23. The Morgan fingerprint density at radius 1 is 1.18 bits per heavy atom. The number of carboxylic acids is 1. The van der Waals surface area contributed by atoms with E-state index < -0.39 is 24.0 Å². The van der Waals surface area contributed by atoms with Crippen molar-refractivity contribution in [2.45, 2.75) is 20.0 Å². The second-order valence-electron chi connectivity index (χ2n) is 5.76. The van der Waals surface area contributed by atoms with E-state index in [1.54, 1.807) is 6.92 Å². The van der Waals surface area contributed by atoms with Gasteiger partial charge in [-0.2, -0.15) is 0 Å². The molecular formula is C20H21F2NO5. The highest BCUT2D eigenvalue weighted by molar-refractivity contribution is 5.75. The predicted octanol–water partition coefficient (Wildman–Crippen LogP) is 3.69. The highest BCUT2D eigenvalue weighted by Crippen LogP contribution is 2.35. The summed E-state index contributed by atoms with van der Waals surface area (Å²) in [4.78, 5) is 11.1. The number of rotatable bonds is 9. The fraction of sp³-hybridized carbons (Fsp3) is 0.250. The molecule has 3 N–H and O–H groups in total. The summed E-state index contributed by atoms with van der Waals surface area (Å²) < 4.78 is 43.6. The van der Waals surface area contributed by atoms with E-state index in [2.05, 4.69) is 0 Å². The Balaban J connectivity index is 2.42. The highest BCUT2D eigenvalue weighted by Gasteiger charge is 2.19. The molecule has 0 spiro atoms. The average Bonchev–Trinajstić information content (AvgIpc) is 2.64. The third kappa shape index (κ3) is 5.35. The Morgan fingerprint density at radius 3 is 2.43 bits per heavy atom. The van der Waals surface area contributed by atoms with Gasteiger partial charge in [-0.3, -0.25) is 4.79 Å². The van der Waals surface area contributed by atoms with Crippen LogP contribution in [0.4, 0.5) is 8.78 Å². The molecule has 28 heavy (non-hydrogen) atoms. The molecule has 0 radical (unpaired) electrons. The summed E-state index contributed by atoms with van der Waals surface area (Å²) in [6.07, 6.45) is -0.504. The number of ether oxygens (including phenoxy) is 3. The van der Waals surface area contributed by atoms with Crippen molar-refractivity contribution in [1.82, 2.24) is 0 Å². The van der Waals surface area contributed by atoms with Crippen molar-refractivity contribution in [1.29, 1.82) is 0 Å². The summed E-state index contributed by atoms with van der Waals surface area (Å²) in [5.41, 5.74) is 6.62. The van der Waals surface area contributed by atoms with E-state index in [1.165, 1.54) is 37.4 Å². The zero-order chi connectivity index (χ0) is 20.7. The molecule has 0 bridgehead atoms. The van der Waals surface area contributed by atoms with E-state index in [0.29, 0.717) is 5.56 Å². The quantitative estimate of drug-likeness (QED) is 0.632. The summed E-state index contributed by atoms with van der Waals surface area (Å²) in [6.45, 7) is 1.92. The molecule has 2 rings (SSSR count). The predicted molar refractivity (Wildman–Crippen MR) is 98.7 cm³/mol. The molecule has 2 aromatic rings. The molecule has 0 unspecified atom stereocenters. The Hall–Kier alpha value is -3.29. The summed E-state index contributed by atoms with van der Waals surface area (Å²) >= 11 is 0. The Morgan fingerprint density at radius 2 is 1.86 bits per heavy atom. The van der Waals surface area contributed by atoms with Crippen LogP contribution >= 0.6 is 0 Å². The monoisotopic (exact) mass is 393 g/mol. The van der Waals surface area contributed by atoms with Gasteiger partial charge < -0.3 is 25.1 Å². The zero-order valence-electron chi connectivity index (χ0n) is 15.5. The number of nitrogens with two attached hydrogens (primary N) is 1. The Bertz CT molecular complexity index is 866. The Labute approximate surface area is 161 Å². The largest absolute Gasteiger partial charge is 0.493 e. The van der Waals surface area contributed by atoms with Crippen LogP contribution in [0.5, 0.6) is 11.5 Å². The average molecular weight is 393 g/mol. The van der Waals surface area contributed by atoms with Crippen LogP contribution in [0.2, 0.25) is 0 Å². The van der Waals surface area contributed by atoms with Gasteiger partial charge in [-0.05, 0) is 36.8 Å². The number of hydrogen-bond donors (Lipinski definition) is 2. The van der Waals surface area contributed by atoms with Crippen LogP contribution in [0.1, 0.15) is 24.5 Å². The minimum absolute atomic E-state index is 0.00743. The first-order valence-corrected chi connectivity index (χ1v) is 8.44. The third-order valence-electron chi connectivity index (χ3n) is 3.71. The number of hydrogen-bond acceptors (Lipinski definition) is 5. The lowest BCUT2D eigenvalue weighted by Crippen LogP contribution is -2.11. The maximum Gasteiger partial charge on any atom is 0.309 e. The first-order valence-electron chi connectivity index (χ1n) is 8.44. The van der Waals surface area contributed by atoms with Gasteiger partial charge in [0.1, 0.15) is 18.2 Å². The van der Waals surface area contributed by atoms with Crippen molar-refractivity contribution in [2.24, 2.45) is 5.73 Å². The SMILES string of the molecule is CCOc1c(F)cc(/C(OCc2ccc(F)cc2)=C(/N)CC(=O)O)cc1OC. The lowest BCUT2D eigenvalue weighted by atomic mass is 10.1. The molecule has 0 aliphatic rings. The fourth-order valence-corrected chi connectivity index (χ4v) is 2.48. The maximum atomic E-state index is 14.5. The third-order valence-corrected chi connectivity index (χ3v) is 3.71. The first kappa shape index (κ1) is 21.0. The molecule has 150 valence electrons. The molecule has 0 fully saturated rings. The van der Waals surface area contributed by atoms with E-state index in [-0.39, 0.29) is 41.7 Å². The van der Waals surface area contributed by atoms with Crippen LogP contribution in [0.15, 0.2) is 42.1 Å². The molecule has 0 saturated heterocycles. The van der Waals surface area contributed by atoms with Gasteiger partial charge in [0.15, 0.2) is 17.3 Å². The van der Waals surface area contributed by atoms with Gasteiger partial charge in [-0.25, -0.2) is 8.78 Å². The van der Waals surface area contributed by atoms with Crippen LogP contribution in [0, 0.1) is 11.6 Å². The number of methoxy groups -OCH3 is 1. The molecule has 0 aliphatic heterocycles. The van der Waals surface area contributed by atoms with Gasteiger partial charge in [0, 0.05) is 5.56 Å². The summed E-state index contributed by atoms with van der Waals surface area (Å²) in [5, 5.41) is 9.03. The highest BCUT2D eigenvalue weighted by atomic mass is 19.1. The van der Waals surface area contributed by atoms with E-state index in [4.69, 9.17) is 25.1 Å². The number of carboxylic acid groups (broad SMARTS) is 1. The molecule has 0 amide bonds. The van der Waals surface area contributed by atoms with Gasteiger partial charge in [-0.15, -0.1) is 0 Å². The van der Waals surface area contributed by atoms with Gasteiger partial charge in [-0.1, -0.05) is 12.1 Å². The summed E-state index contributed by atoms with van der Waals surface area (Å²) in [6, 6.07) is 8.13. The first-order chi connectivity index (χ1) is 13.3. The van der Waals surface area contributed by atoms with E-state index >= 15 is 0 Å². The van der Waals surface area contributed by atoms with Crippen molar-refractivity contribution in [3.8, 4) is 11.5 Å². The molecule has 0 aromatic heterocycles. The van der Waals surface area contributed by atoms with Crippen LogP contribution < -0.4 is 15.2 Å². The van der Waals surface area contributed by atoms with Gasteiger partial charge in [0.25, 0.3) is 0 Å². The van der Waals surface area contributed by atoms with Crippen molar-refractivity contribution in [3.05, 3.63) is 64.9 Å². The molecule has 6 nitrogen and oxygen atoms in total. The normalized spacial score (nSPS) is 11.6. The number of aliphatic carboxylic acids is 1. The topological polar surface area (TPSA) is 91.0 Å². The molecule has 8 heteroatoms. The van der Waals surface area contributed by atoms with Crippen LogP contribution in [0.25, 0.3) is 5.76 Å². The van der Waals surface area contributed by atoms with Gasteiger partial charge >= 0.3 is 5.97 Å². The molecular weight excluding hydrogens is 372 g/mol. The van der Waals surface area contributed by atoms with E-state index in [1.807, 2.05) is 0 Å². The number of benzene rings is 2. The molecule has 0 saturated carbocycles. The number of carbonyl (C=O) groups is 1. The second kappa shape index (κ2) is 9.59. The lowest BCUT2D eigenvalue weighted by molar-refractivity contribution is -0.136. The van der Waals surface area contributed by atoms with Crippen molar-refractivity contribution < 1.29 is 32.9 Å². The van der Waals surface area contributed by atoms with Crippen LogP contribution in [0.3, 0.4) is 0 Å². The van der Waals surface area contributed by atoms with Crippen LogP contribution in [-0.2, 0) is 16.1 Å². The van der Waals surface area contributed by atoms with Crippen molar-refractivity contribution in [2.75, 3.05) is 13.7 Å². The maximum absolute atomic E-state index is 14.5. The Kier molecular flexibility index (Phi) is 7.20. The number of halogens is 2. The summed E-state index contributed by atoms with van der Waals surface area (Å²) in [7, 11) is 1.35. The second-order valence-corrected chi connectivity index (χ2v) is 5.76. The zero-order valence-corrected chi connectivity index (χ0v) is 15.5. The van der Waals surface area contributed by atoms with E-state index in [9.17, 15) is 13.6 Å². The van der Waals surface area contributed by atoms with Crippen molar-refractivity contribution >= 4 is 11.7 Å². The lowest BCUT2D eigenvalue weighted by Gasteiger charge is -2.17. The molecule has 0 aliphatic carbocycles. The smallest absolute Gasteiger partial charge is 0.309 e. The minimum Gasteiger partial charge on any atom is -0.493 e. The minimum atomic E-state index is -1.17. The van der Waals surface area contributed by atoms with Gasteiger partial charge in [0.2, 0.25) is 0 Å². The molecule has 2 aromatic carbocycles. The molecule has 0 heterocycles. The fourth-order valence-electron chi connectivity index (χ4n) is 2.48.